The van der Waals surface area contributed by atoms with Gasteiger partial charge in [-0.3, -0.25) is 0 Å². The Kier molecular flexibility index (Phi) is 9.41. The molecule has 4 heteroatoms. The van der Waals surface area contributed by atoms with Crippen LogP contribution >= 0.6 is 8.03 Å². The van der Waals surface area contributed by atoms with Gasteiger partial charge >= 0.3 is 29.6 Å². The Morgan fingerprint density at radius 1 is 1.62 bits per heavy atom. The van der Waals surface area contributed by atoms with E-state index in [1.807, 2.05) is 13.8 Å². The first-order valence-corrected chi connectivity index (χ1v) is 3.85. The molecule has 44 valence electrons. The Morgan fingerprint density at radius 2 is 2.00 bits per heavy atom. The van der Waals surface area contributed by atoms with Crippen LogP contribution in [0.15, 0.2) is 0 Å². The Bertz CT molecular complexity index is 74.4. The molecule has 8 heavy (non-hydrogen) atoms. The van der Waals surface area contributed by atoms with Gasteiger partial charge in [0.15, 0.2) is 0 Å². The van der Waals surface area contributed by atoms with E-state index in [4.69, 9.17) is 0 Å². The topological polar surface area (TPSA) is 40.1 Å². The van der Waals surface area contributed by atoms with Gasteiger partial charge in [0.05, 0.1) is 0 Å². The van der Waals surface area contributed by atoms with E-state index in [0.717, 1.165) is 0 Å². The van der Waals surface area contributed by atoms with Gasteiger partial charge in [0.1, 0.15) is 0 Å². The fourth-order valence-electron chi connectivity index (χ4n) is 0.333. The molecule has 0 aromatic rings. The van der Waals surface area contributed by atoms with Crippen molar-refractivity contribution >= 4 is 8.03 Å². The predicted molar refractivity (Wildman–Crippen MR) is 28.7 cm³/mol. The molecule has 0 aromatic carbocycles. The first kappa shape index (κ1) is 11.9. The Morgan fingerprint density at radius 3 is 2.00 bits per heavy atom. The van der Waals surface area contributed by atoms with Crippen LogP contribution in [-0.2, 0) is 4.57 Å². The second kappa shape index (κ2) is 6.31. The van der Waals surface area contributed by atoms with Crippen LogP contribution in [0.1, 0.15) is 13.8 Å². The first-order chi connectivity index (χ1) is 3.13. The van der Waals surface area contributed by atoms with Crippen molar-refractivity contribution in [3.8, 4) is 0 Å². The molecule has 0 aromatic heterocycles. The summed E-state index contributed by atoms with van der Waals surface area (Å²) in [5.41, 5.74) is 0. The number of rotatable bonds is 2. The van der Waals surface area contributed by atoms with Gasteiger partial charge in [-0.1, -0.05) is 13.8 Å². The maximum Gasteiger partial charge on any atom is 1.00 e. The molecule has 2 nitrogen and oxygen atoms in total. The summed E-state index contributed by atoms with van der Waals surface area (Å²) in [6, 6.07) is 0. The van der Waals surface area contributed by atoms with E-state index in [2.05, 4.69) is 0 Å². The molecule has 0 fully saturated rings. The number of hydrogen-bond donors (Lipinski definition) is 0. The van der Waals surface area contributed by atoms with Crippen LogP contribution in [0, 0.1) is 5.92 Å². The van der Waals surface area contributed by atoms with E-state index in [-0.39, 0.29) is 29.6 Å². The molecular weight excluding hydrogens is 134 g/mol. The SMILES string of the molecule is CC(C)C[PH](=O)[O-].[Na+]. The van der Waals surface area contributed by atoms with Crippen LogP contribution in [0.3, 0.4) is 0 Å². The zero-order valence-corrected chi connectivity index (χ0v) is 8.60. The van der Waals surface area contributed by atoms with Crippen molar-refractivity contribution in [1.29, 1.82) is 0 Å². The zero-order chi connectivity index (χ0) is 5.86. The van der Waals surface area contributed by atoms with Crippen LogP contribution in [0.25, 0.3) is 0 Å². The third kappa shape index (κ3) is 10.2. The Hall–Kier alpha value is 1.19. The van der Waals surface area contributed by atoms with Gasteiger partial charge in [0, 0.05) is 8.03 Å². The second-order valence-corrected chi connectivity index (χ2v) is 3.12. The summed E-state index contributed by atoms with van der Waals surface area (Å²) in [7, 11) is -2.43. The minimum Gasteiger partial charge on any atom is -0.802 e. The minimum absolute atomic E-state index is 0. The van der Waals surface area contributed by atoms with Gasteiger partial charge in [-0.25, -0.2) is 0 Å². The molecule has 1 atom stereocenters. The second-order valence-electron chi connectivity index (χ2n) is 1.97. The van der Waals surface area contributed by atoms with Gasteiger partial charge in [-0.2, -0.15) is 0 Å². The monoisotopic (exact) mass is 144 g/mol. The largest absolute Gasteiger partial charge is 1.00 e. The van der Waals surface area contributed by atoms with Gasteiger partial charge < -0.3 is 9.46 Å². The Labute approximate surface area is 72.8 Å². The molecule has 0 aliphatic rings. The van der Waals surface area contributed by atoms with E-state index in [9.17, 15) is 9.46 Å². The molecule has 0 saturated heterocycles. The summed E-state index contributed by atoms with van der Waals surface area (Å²) in [5.74, 6) is 0.295. The fourth-order valence-corrected chi connectivity index (χ4v) is 1.00. The van der Waals surface area contributed by atoms with Gasteiger partial charge in [0.25, 0.3) is 0 Å². The van der Waals surface area contributed by atoms with Crippen molar-refractivity contribution in [2.24, 2.45) is 5.92 Å². The van der Waals surface area contributed by atoms with Crippen molar-refractivity contribution in [3.05, 3.63) is 0 Å². The summed E-state index contributed by atoms with van der Waals surface area (Å²) in [4.78, 5) is 9.88. The number of hydrogen-bond acceptors (Lipinski definition) is 2. The first-order valence-electron chi connectivity index (χ1n) is 2.32. The summed E-state index contributed by atoms with van der Waals surface area (Å²) in [6.45, 7) is 3.78. The maximum absolute atomic E-state index is 9.88. The normalized spacial score (nSPS) is 13.0. The van der Waals surface area contributed by atoms with Crippen molar-refractivity contribution in [2.45, 2.75) is 13.8 Å². The van der Waals surface area contributed by atoms with Crippen molar-refractivity contribution in [3.63, 3.8) is 0 Å². The average molecular weight is 144 g/mol. The molecular formula is C4H10NaO2P. The molecule has 0 aliphatic heterocycles. The van der Waals surface area contributed by atoms with Crippen molar-refractivity contribution in [2.75, 3.05) is 6.16 Å². The summed E-state index contributed by atoms with van der Waals surface area (Å²) < 4.78 is 9.88. The van der Waals surface area contributed by atoms with E-state index < -0.39 is 8.03 Å². The van der Waals surface area contributed by atoms with Gasteiger partial charge in [-0.05, 0) is 12.1 Å². The molecule has 1 unspecified atom stereocenters. The minimum atomic E-state index is -2.43. The molecule has 0 bridgehead atoms. The molecule has 0 spiro atoms. The quantitative estimate of drug-likeness (QED) is 0.317. The van der Waals surface area contributed by atoms with E-state index in [0.29, 0.717) is 12.1 Å². The summed E-state index contributed by atoms with van der Waals surface area (Å²) in [6.07, 6.45) is 0.352. The predicted octanol–water partition coefficient (Wildman–Crippen LogP) is -2.52. The maximum atomic E-state index is 9.88. The van der Waals surface area contributed by atoms with E-state index >= 15 is 0 Å². The third-order valence-corrected chi connectivity index (χ3v) is 1.72. The smallest absolute Gasteiger partial charge is 0.802 e. The fraction of sp³-hybridized carbons (Fsp3) is 1.00. The standard InChI is InChI=1S/C4H11O2P.Na/c1-4(2)3-7(5)6;/h4,7H,3H2,1-2H3,(H,5,6);/q;+1/p-1. The Balaban J connectivity index is 0. The molecule has 0 aliphatic carbocycles. The van der Waals surface area contributed by atoms with Crippen LogP contribution in [0.2, 0.25) is 0 Å². The van der Waals surface area contributed by atoms with Crippen LogP contribution in [-0.4, -0.2) is 6.16 Å². The molecule has 0 N–H and O–H groups in total. The third-order valence-electron chi connectivity index (χ3n) is 0.575. The molecule has 0 amide bonds. The van der Waals surface area contributed by atoms with Gasteiger partial charge in [-0.15, -0.1) is 0 Å². The molecule has 0 rings (SSSR count). The molecule has 0 saturated carbocycles. The van der Waals surface area contributed by atoms with E-state index in [1.54, 1.807) is 0 Å². The van der Waals surface area contributed by atoms with Crippen LogP contribution in [0.4, 0.5) is 0 Å². The zero-order valence-electron chi connectivity index (χ0n) is 5.60. The average Bonchev–Trinajstić information content (AvgIpc) is 1.27. The van der Waals surface area contributed by atoms with E-state index in [1.165, 1.54) is 0 Å². The van der Waals surface area contributed by atoms with Crippen LogP contribution < -0.4 is 34.5 Å². The molecule has 0 heterocycles. The van der Waals surface area contributed by atoms with Crippen LogP contribution in [0.5, 0.6) is 0 Å². The summed E-state index contributed by atoms with van der Waals surface area (Å²) in [5, 5.41) is 0. The van der Waals surface area contributed by atoms with Gasteiger partial charge in [0.2, 0.25) is 0 Å². The summed E-state index contributed by atoms with van der Waals surface area (Å²) >= 11 is 0. The van der Waals surface area contributed by atoms with Crippen molar-refractivity contribution in [1.82, 2.24) is 0 Å². The van der Waals surface area contributed by atoms with Crippen molar-refractivity contribution < 1.29 is 39.0 Å². The molecule has 0 radical (unpaired) electrons.